The van der Waals surface area contributed by atoms with Crippen LogP contribution < -0.4 is 15.4 Å². The molecule has 0 bridgehead atoms. The van der Waals surface area contributed by atoms with Crippen LogP contribution in [0.5, 0.6) is 5.88 Å². The van der Waals surface area contributed by atoms with Gasteiger partial charge >= 0.3 is 0 Å². The zero-order chi connectivity index (χ0) is 24.4. The summed E-state index contributed by atoms with van der Waals surface area (Å²) in [6, 6.07) is 18.0. The average Bonchev–Trinajstić information content (AvgIpc) is 3.55. The van der Waals surface area contributed by atoms with Crippen molar-refractivity contribution in [3.05, 3.63) is 77.6 Å². The van der Waals surface area contributed by atoms with Crippen LogP contribution in [-0.4, -0.2) is 47.2 Å². The van der Waals surface area contributed by atoms with Crippen molar-refractivity contribution in [2.45, 2.75) is 31.2 Å². The lowest BCUT2D eigenvalue weighted by molar-refractivity contribution is 0.0931. The molecule has 178 valence electrons. The van der Waals surface area contributed by atoms with Gasteiger partial charge in [-0.25, -0.2) is 4.98 Å². The molecule has 1 aliphatic rings. The molecule has 2 atom stereocenters. The first-order valence-electron chi connectivity index (χ1n) is 11.7. The summed E-state index contributed by atoms with van der Waals surface area (Å²) in [5.74, 6) is 0.289. The Balaban J connectivity index is 1.37. The summed E-state index contributed by atoms with van der Waals surface area (Å²) in [5.41, 5.74) is 4.39. The van der Waals surface area contributed by atoms with Gasteiger partial charge < -0.3 is 15.4 Å². The SMILES string of the molecule is CNC(=O)c1n[nH]c2cc(-c3cnc(OC)c(C(=O)N[C@H]4CC[C@@H](c5ccccc5)C4)c3)ccc12. The first kappa shape index (κ1) is 22.6. The number of fused-ring (bicyclic) bond motifs is 1. The predicted octanol–water partition coefficient (Wildman–Crippen LogP) is 4.06. The third-order valence-corrected chi connectivity index (χ3v) is 6.67. The number of carbonyl (C=O) groups is 2. The quantitative estimate of drug-likeness (QED) is 0.395. The van der Waals surface area contributed by atoms with Crippen LogP contribution >= 0.6 is 0 Å². The summed E-state index contributed by atoms with van der Waals surface area (Å²) in [5, 5.41) is 13.5. The fraction of sp³-hybridized carbons (Fsp3) is 0.259. The second kappa shape index (κ2) is 9.58. The predicted molar refractivity (Wildman–Crippen MR) is 134 cm³/mol. The monoisotopic (exact) mass is 469 g/mol. The van der Waals surface area contributed by atoms with Gasteiger partial charge in [-0.2, -0.15) is 5.10 Å². The van der Waals surface area contributed by atoms with E-state index in [0.29, 0.717) is 17.2 Å². The zero-order valence-electron chi connectivity index (χ0n) is 19.7. The number of nitrogens with one attached hydrogen (secondary N) is 3. The highest BCUT2D eigenvalue weighted by Crippen LogP contribution is 2.35. The number of carbonyl (C=O) groups excluding carboxylic acids is 2. The van der Waals surface area contributed by atoms with Gasteiger partial charge in [0.1, 0.15) is 5.56 Å². The molecule has 2 aromatic carbocycles. The number of aromatic amines is 1. The van der Waals surface area contributed by atoms with E-state index in [1.54, 1.807) is 19.3 Å². The number of rotatable bonds is 6. The number of amides is 2. The molecule has 5 rings (SSSR count). The molecule has 8 nitrogen and oxygen atoms in total. The molecule has 0 saturated heterocycles. The highest BCUT2D eigenvalue weighted by atomic mass is 16.5. The van der Waals surface area contributed by atoms with E-state index < -0.39 is 0 Å². The van der Waals surface area contributed by atoms with E-state index in [4.69, 9.17) is 4.74 Å². The Bertz CT molecular complexity index is 1380. The van der Waals surface area contributed by atoms with Crippen LogP contribution in [0.2, 0.25) is 0 Å². The third-order valence-electron chi connectivity index (χ3n) is 6.67. The summed E-state index contributed by atoms with van der Waals surface area (Å²) in [4.78, 5) is 29.6. The number of benzene rings is 2. The Hall–Kier alpha value is -4.20. The molecule has 1 saturated carbocycles. The first-order valence-corrected chi connectivity index (χ1v) is 11.7. The van der Waals surface area contributed by atoms with Crippen LogP contribution in [-0.2, 0) is 0 Å². The Labute approximate surface area is 203 Å². The van der Waals surface area contributed by atoms with Crippen molar-refractivity contribution >= 4 is 22.7 Å². The van der Waals surface area contributed by atoms with E-state index in [1.165, 1.54) is 12.7 Å². The fourth-order valence-corrected chi connectivity index (χ4v) is 4.83. The Morgan fingerprint density at radius 3 is 2.63 bits per heavy atom. The van der Waals surface area contributed by atoms with E-state index >= 15 is 0 Å². The van der Waals surface area contributed by atoms with Crippen LogP contribution in [0.25, 0.3) is 22.0 Å². The minimum atomic E-state index is -0.254. The molecule has 0 unspecified atom stereocenters. The van der Waals surface area contributed by atoms with Crippen molar-refractivity contribution in [2.24, 2.45) is 0 Å². The van der Waals surface area contributed by atoms with Gasteiger partial charge in [-0.15, -0.1) is 0 Å². The third kappa shape index (κ3) is 4.47. The Kier molecular flexibility index (Phi) is 6.18. The molecule has 1 aliphatic carbocycles. The van der Waals surface area contributed by atoms with Gasteiger partial charge in [-0.1, -0.05) is 36.4 Å². The summed E-state index contributed by atoms with van der Waals surface area (Å²) in [6.07, 6.45) is 4.57. The number of ether oxygens (including phenoxy) is 1. The summed E-state index contributed by atoms with van der Waals surface area (Å²) < 4.78 is 5.39. The standard InChI is InChI=1S/C27H27N5O3/c1-28-26(34)24-21-11-9-18(14-23(21)31-32-24)19-13-22(27(35-2)29-15-19)25(33)30-20-10-8-17(12-20)16-6-4-3-5-7-16/h3-7,9,11,13-15,17,20H,8,10,12H2,1-2H3,(H,28,34)(H,30,33)(H,31,32)/t17-,20+/m1/s1. The molecule has 0 radical (unpaired) electrons. The number of hydrogen-bond donors (Lipinski definition) is 3. The van der Waals surface area contributed by atoms with Gasteiger partial charge in [0.05, 0.1) is 12.6 Å². The molecular formula is C27H27N5O3. The van der Waals surface area contributed by atoms with Gasteiger partial charge in [-0.05, 0) is 54.5 Å². The number of methoxy groups -OCH3 is 1. The van der Waals surface area contributed by atoms with Crippen LogP contribution in [0.1, 0.15) is 51.6 Å². The largest absolute Gasteiger partial charge is 0.480 e. The molecule has 2 amide bonds. The van der Waals surface area contributed by atoms with Crippen molar-refractivity contribution in [2.75, 3.05) is 14.2 Å². The maximum Gasteiger partial charge on any atom is 0.272 e. The minimum Gasteiger partial charge on any atom is -0.480 e. The van der Waals surface area contributed by atoms with Crippen molar-refractivity contribution in [3.8, 4) is 17.0 Å². The molecule has 35 heavy (non-hydrogen) atoms. The highest BCUT2D eigenvalue weighted by Gasteiger charge is 2.28. The van der Waals surface area contributed by atoms with Gasteiger partial charge in [0.15, 0.2) is 5.69 Å². The van der Waals surface area contributed by atoms with Crippen LogP contribution in [0, 0.1) is 0 Å². The number of hydrogen-bond acceptors (Lipinski definition) is 5. The maximum absolute atomic E-state index is 13.2. The second-order valence-corrected chi connectivity index (χ2v) is 8.78. The molecule has 2 aromatic heterocycles. The molecule has 4 aromatic rings. The van der Waals surface area contributed by atoms with Crippen molar-refractivity contribution < 1.29 is 14.3 Å². The smallest absolute Gasteiger partial charge is 0.272 e. The van der Waals surface area contributed by atoms with Crippen molar-refractivity contribution in [1.29, 1.82) is 0 Å². The molecule has 0 spiro atoms. The topological polar surface area (TPSA) is 109 Å². The van der Waals surface area contributed by atoms with E-state index in [2.05, 4.69) is 50.1 Å². The number of aromatic nitrogens is 3. The van der Waals surface area contributed by atoms with Crippen LogP contribution in [0.3, 0.4) is 0 Å². The first-order chi connectivity index (χ1) is 17.1. The molecule has 8 heteroatoms. The highest BCUT2D eigenvalue weighted by molar-refractivity contribution is 6.05. The van der Waals surface area contributed by atoms with Gasteiger partial charge in [0, 0.05) is 30.2 Å². The van der Waals surface area contributed by atoms with E-state index in [-0.39, 0.29) is 23.7 Å². The lowest BCUT2D eigenvalue weighted by Crippen LogP contribution is -2.33. The summed E-state index contributed by atoms with van der Waals surface area (Å²) in [7, 11) is 3.08. The number of nitrogens with zero attached hydrogens (tertiary/aromatic N) is 2. The number of H-pyrrole nitrogens is 1. The lowest BCUT2D eigenvalue weighted by atomic mass is 9.97. The van der Waals surface area contributed by atoms with E-state index in [1.807, 2.05) is 24.3 Å². The van der Waals surface area contributed by atoms with Crippen molar-refractivity contribution in [1.82, 2.24) is 25.8 Å². The average molecular weight is 470 g/mol. The molecule has 0 aliphatic heterocycles. The maximum atomic E-state index is 13.2. The van der Waals surface area contributed by atoms with Gasteiger partial charge in [0.2, 0.25) is 5.88 Å². The fourth-order valence-electron chi connectivity index (χ4n) is 4.83. The zero-order valence-corrected chi connectivity index (χ0v) is 19.7. The van der Waals surface area contributed by atoms with E-state index in [0.717, 1.165) is 41.3 Å². The summed E-state index contributed by atoms with van der Waals surface area (Å²) in [6.45, 7) is 0. The lowest BCUT2D eigenvalue weighted by Gasteiger charge is -2.15. The normalized spacial score (nSPS) is 17.3. The minimum absolute atomic E-state index is 0.102. The Morgan fingerprint density at radius 1 is 1.03 bits per heavy atom. The second-order valence-electron chi connectivity index (χ2n) is 8.78. The van der Waals surface area contributed by atoms with Gasteiger partial charge in [0.25, 0.3) is 11.8 Å². The van der Waals surface area contributed by atoms with E-state index in [9.17, 15) is 9.59 Å². The molecule has 1 fully saturated rings. The van der Waals surface area contributed by atoms with Gasteiger partial charge in [-0.3, -0.25) is 14.7 Å². The van der Waals surface area contributed by atoms with Crippen LogP contribution in [0.15, 0.2) is 60.8 Å². The Morgan fingerprint density at radius 2 is 1.86 bits per heavy atom. The molecule has 3 N–H and O–H groups in total. The molecule has 2 heterocycles. The molecular weight excluding hydrogens is 442 g/mol. The number of pyridine rings is 1. The summed E-state index contributed by atoms with van der Waals surface area (Å²) >= 11 is 0. The van der Waals surface area contributed by atoms with Crippen LogP contribution in [0.4, 0.5) is 0 Å². The van der Waals surface area contributed by atoms with Crippen molar-refractivity contribution in [3.63, 3.8) is 0 Å².